The van der Waals surface area contributed by atoms with Crippen molar-refractivity contribution in [1.82, 2.24) is 4.90 Å². The zero-order valence-electron chi connectivity index (χ0n) is 10.3. The van der Waals surface area contributed by atoms with Crippen LogP contribution < -0.4 is 10.2 Å². The first-order valence-corrected chi connectivity index (χ1v) is 6.13. The first kappa shape index (κ1) is 12.2. The molecule has 0 bridgehead atoms. The molecule has 1 aliphatic rings. The zero-order valence-corrected chi connectivity index (χ0v) is 10.3. The van der Waals surface area contributed by atoms with Gasteiger partial charge < -0.3 is 15.1 Å². The fraction of sp³-hybridized carbons (Fsp3) is 0.538. The van der Waals surface area contributed by atoms with E-state index in [0.717, 1.165) is 31.9 Å². The molecule has 0 saturated carbocycles. The Morgan fingerprint density at radius 3 is 2.71 bits per heavy atom. The van der Waals surface area contributed by atoms with Gasteiger partial charge >= 0.3 is 0 Å². The van der Waals surface area contributed by atoms with Crippen molar-refractivity contribution < 1.29 is 4.39 Å². The van der Waals surface area contributed by atoms with Gasteiger partial charge in [0.1, 0.15) is 6.67 Å². The van der Waals surface area contributed by atoms with Crippen molar-refractivity contribution in [2.45, 2.75) is 0 Å². The van der Waals surface area contributed by atoms with Crippen LogP contribution in [0.15, 0.2) is 24.3 Å². The van der Waals surface area contributed by atoms with Gasteiger partial charge in [-0.3, -0.25) is 0 Å². The van der Waals surface area contributed by atoms with Gasteiger partial charge in [-0.25, -0.2) is 4.39 Å². The van der Waals surface area contributed by atoms with E-state index >= 15 is 0 Å². The summed E-state index contributed by atoms with van der Waals surface area (Å²) in [5.74, 6) is 0. The highest BCUT2D eigenvalue weighted by atomic mass is 19.1. The molecule has 1 aromatic rings. The standard InChI is InChI=1S/C13H20FN3/c1-16-7-9-17(10-8-16)13-4-2-3-12(11-13)15-6-5-14/h2-4,11,15H,5-10H2,1H3. The molecule has 0 spiro atoms. The fourth-order valence-corrected chi connectivity index (χ4v) is 2.07. The van der Waals surface area contributed by atoms with Crippen molar-refractivity contribution in [3.05, 3.63) is 24.3 Å². The number of hydrogen-bond acceptors (Lipinski definition) is 3. The first-order chi connectivity index (χ1) is 8.29. The Bertz CT molecular complexity index is 348. The summed E-state index contributed by atoms with van der Waals surface area (Å²) < 4.78 is 12.1. The molecule has 1 saturated heterocycles. The molecule has 17 heavy (non-hydrogen) atoms. The Morgan fingerprint density at radius 2 is 2.00 bits per heavy atom. The average molecular weight is 237 g/mol. The molecule has 0 radical (unpaired) electrons. The lowest BCUT2D eigenvalue weighted by Gasteiger charge is -2.34. The number of piperazine rings is 1. The molecule has 0 amide bonds. The molecule has 0 unspecified atom stereocenters. The topological polar surface area (TPSA) is 18.5 Å². The van der Waals surface area contributed by atoms with E-state index < -0.39 is 0 Å². The largest absolute Gasteiger partial charge is 0.382 e. The van der Waals surface area contributed by atoms with E-state index in [1.54, 1.807) is 0 Å². The molecule has 1 aliphatic heterocycles. The van der Waals surface area contributed by atoms with Crippen LogP contribution in [-0.2, 0) is 0 Å². The molecule has 94 valence electrons. The van der Waals surface area contributed by atoms with Crippen LogP contribution in [0.2, 0.25) is 0 Å². The third-order valence-electron chi connectivity index (χ3n) is 3.14. The van der Waals surface area contributed by atoms with Gasteiger partial charge in [0, 0.05) is 44.1 Å². The third-order valence-corrected chi connectivity index (χ3v) is 3.14. The SMILES string of the molecule is CN1CCN(c2cccc(NCCF)c2)CC1. The Balaban J connectivity index is 2.00. The van der Waals surface area contributed by atoms with Crippen LogP contribution in [0.1, 0.15) is 0 Å². The number of nitrogens with zero attached hydrogens (tertiary/aromatic N) is 2. The summed E-state index contributed by atoms with van der Waals surface area (Å²) in [6.07, 6.45) is 0. The van der Waals surface area contributed by atoms with E-state index in [2.05, 4.69) is 34.3 Å². The molecule has 1 fully saturated rings. The van der Waals surface area contributed by atoms with Crippen molar-refractivity contribution in [3.8, 4) is 0 Å². The van der Waals surface area contributed by atoms with Crippen LogP contribution >= 0.6 is 0 Å². The van der Waals surface area contributed by atoms with Gasteiger partial charge in [0.05, 0.1) is 0 Å². The van der Waals surface area contributed by atoms with E-state index in [4.69, 9.17) is 0 Å². The van der Waals surface area contributed by atoms with Gasteiger partial charge in [0.25, 0.3) is 0 Å². The van der Waals surface area contributed by atoms with E-state index in [0.29, 0.717) is 6.54 Å². The summed E-state index contributed by atoms with van der Waals surface area (Å²) in [6, 6.07) is 8.22. The highest BCUT2D eigenvalue weighted by molar-refractivity contribution is 5.58. The van der Waals surface area contributed by atoms with E-state index in [-0.39, 0.29) is 6.67 Å². The minimum atomic E-state index is -0.335. The lowest BCUT2D eigenvalue weighted by Crippen LogP contribution is -2.44. The molecule has 0 aromatic heterocycles. The van der Waals surface area contributed by atoms with Gasteiger partial charge in [0.2, 0.25) is 0 Å². The molecule has 4 heteroatoms. The first-order valence-electron chi connectivity index (χ1n) is 6.13. The molecular weight excluding hydrogens is 217 g/mol. The summed E-state index contributed by atoms with van der Waals surface area (Å²) in [4.78, 5) is 4.71. The molecule has 0 atom stereocenters. The van der Waals surface area contributed by atoms with Crippen LogP contribution in [0.25, 0.3) is 0 Å². The van der Waals surface area contributed by atoms with E-state index in [9.17, 15) is 4.39 Å². The summed E-state index contributed by atoms with van der Waals surface area (Å²) >= 11 is 0. The number of rotatable bonds is 4. The monoisotopic (exact) mass is 237 g/mol. The van der Waals surface area contributed by atoms with Gasteiger partial charge in [-0.15, -0.1) is 0 Å². The Hall–Kier alpha value is -1.29. The van der Waals surface area contributed by atoms with Crippen molar-refractivity contribution in [3.63, 3.8) is 0 Å². The molecular formula is C13H20FN3. The van der Waals surface area contributed by atoms with Crippen molar-refractivity contribution in [1.29, 1.82) is 0 Å². The summed E-state index contributed by atoms with van der Waals surface area (Å²) in [5, 5.41) is 3.07. The maximum atomic E-state index is 12.1. The number of anilines is 2. The van der Waals surface area contributed by atoms with Crippen molar-refractivity contribution in [2.24, 2.45) is 0 Å². The Kier molecular flexibility index (Phi) is 4.20. The number of nitrogens with one attached hydrogen (secondary N) is 1. The number of halogens is 1. The fourth-order valence-electron chi connectivity index (χ4n) is 2.07. The average Bonchev–Trinajstić information content (AvgIpc) is 2.37. The van der Waals surface area contributed by atoms with Crippen LogP contribution in [0.4, 0.5) is 15.8 Å². The minimum absolute atomic E-state index is 0.335. The highest BCUT2D eigenvalue weighted by Gasteiger charge is 2.14. The molecule has 0 aliphatic carbocycles. The predicted octanol–water partition coefficient (Wildman–Crippen LogP) is 1.82. The lowest BCUT2D eigenvalue weighted by atomic mass is 10.2. The van der Waals surface area contributed by atoms with Crippen LogP contribution in [0.3, 0.4) is 0 Å². The molecule has 3 nitrogen and oxygen atoms in total. The minimum Gasteiger partial charge on any atom is -0.382 e. The number of likely N-dealkylation sites (N-methyl/N-ethyl adjacent to an activating group) is 1. The van der Waals surface area contributed by atoms with Gasteiger partial charge in [-0.2, -0.15) is 0 Å². The zero-order chi connectivity index (χ0) is 12.1. The molecule has 1 aromatic carbocycles. The quantitative estimate of drug-likeness (QED) is 0.861. The van der Waals surface area contributed by atoms with Gasteiger partial charge in [0.15, 0.2) is 0 Å². The van der Waals surface area contributed by atoms with E-state index in [1.807, 2.05) is 12.1 Å². The van der Waals surface area contributed by atoms with Crippen LogP contribution in [-0.4, -0.2) is 51.3 Å². The highest BCUT2D eigenvalue weighted by Crippen LogP contribution is 2.20. The van der Waals surface area contributed by atoms with Crippen molar-refractivity contribution in [2.75, 3.05) is 56.7 Å². The van der Waals surface area contributed by atoms with E-state index in [1.165, 1.54) is 5.69 Å². The maximum absolute atomic E-state index is 12.1. The Labute approximate surface area is 102 Å². The Morgan fingerprint density at radius 1 is 1.24 bits per heavy atom. The van der Waals surface area contributed by atoms with Crippen molar-refractivity contribution >= 4 is 11.4 Å². The molecule has 1 N–H and O–H groups in total. The molecule has 2 rings (SSSR count). The smallest absolute Gasteiger partial charge is 0.107 e. The predicted molar refractivity (Wildman–Crippen MR) is 70.6 cm³/mol. The maximum Gasteiger partial charge on any atom is 0.107 e. The second-order valence-electron chi connectivity index (χ2n) is 4.46. The number of hydrogen-bond donors (Lipinski definition) is 1. The molecule has 1 heterocycles. The lowest BCUT2D eigenvalue weighted by molar-refractivity contribution is 0.313. The van der Waals surface area contributed by atoms with Gasteiger partial charge in [-0.1, -0.05) is 6.07 Å². The van der Waals surface area contributed by atoms with Gasteiger partial charge in [-0.05, 0) is 25.2 Å². The number of alkyl halides is 1. The summed E-state index contributed by atoms with van der Waals surface area (Å²) in [7, 11) is 2.15. The second kappa shape index (κ2) is 5.87. The summed E-state index contributed by atoms with van der Waals surface area (Å²) in [5.41, 5.74) is 2.22. The second-order valence-corrected chi connectivity index (χ2v) is 4.46. The summed E-state index contributed by atoms with van der Waals surface area (Å²) in [6.45, 7) is 4.36. The third kappa shape index (κ3) is 3.33. The van der Waals surface area contributed by atoms with Crippen LogP contribution in [0.5, 0.6) is 0 Å². The number of benzene rings is 1. The normalized spacial score (nSPS) is 17.2. The van der Waals surface area contributed by atoms with Crippen LogP contribution in [0, 0.1) is 0 Å².